The second-order valence-corrected chi connectivity index (χ2v) is 7.43. The maximum Gasteiger partial charge on any atom is 0.381 e. The number of hydrogen-bond donors (Lipinski definition) is 0. The number of dihydropyridines is 1. The summed E-state index contributed by atoms with van der Waals surface area (Å²) in [6.07, 6.45) is 1.54. The van der Waals surface area contributed by atoms with Crippen molar-refractivity contribution in [2.45, 2.75) is 24.7 Å². The van der Waals surface area contributed by atoms with Gasteiger partial charge in [-0.3, -0.25) is 9.05 Å². The zero-order valence-corrected chi connectivity index (χ0v) is 13.8. The van der Waals surface area contributed by atoms with E-state index >= 15 is 0 Å². The summed E-state index contributed by atoms with van der Waals surface area (Å²) in [6.45, 7) is 1.43. The predicted octanol–water partition coefficient (Wildman–Crippen LogP) is 4.01. The van der Waals surface area contributed by atoms with Crippen molar-refractivity contribution in [1.82, 2.24) is 0 Å². The van der Waals surface area contributed by atoms with Gasteiger partial charge in [0.15, 0.2) is 0 Å². The standard InChI is InChI=1S/C9H13Cl3NO3PS/c1-3-14-17(18,15-4-2)16-9-7(11)5-6(10)8(12)13-9/h5-6,8H,3-4H2,1-2H3. The Morgan fingerprint density at radius 3 is 2.39 bits per heavy atom. The minimum absolute atomic E-state index is 0.110. The van der Waals surface area contributed by atoms with E-state index in [0.717, 1.165) is 0 Å². The lowest BCUT2D eigenvalue weighted by Crippen LogP contribution is -2.21. The van der Waals surface area contributed by atoms with Crippen molar-refractivity contribution in [3.63, 3.8) is 0 Å². The zero-order chi connectivity index (χ0) is 13.8. The molecule has 0 aliphatic carbocycles. The van der Waals surface area contributed by atoms with Crippen LogP contribution in [0.5, 0.6) is 0 Å². The molecule has 2 atom stereocenters. The average molecular weight is 353 g/mol. The fourth-order valence-electron chi connectivity index (χ4n) is 1.11. The van der Waals surface area contributed by atoms with E-state index in [1.165, 1.54) is 0 Å². The topological polar surface area (TPSA) is 40.0 Å². The molecular formula is C9H13Cl3NO3PS. The highest BCUT2D eigenvalue weighted by Crippen LogP contribution is 2.51. The fraction of sp³-hybridized carbons (Fsp3) is 0.667. The van der Waals surface area contributed by atoms with E-state index in [-0.39, 0.29) is 10.9 Å². The molecule has 1 aliphatic heterocycles. The Morgan fingerprint density at radius 2 is 1.89 bits per heavy atom. The van der Waals surface area contributed by atoms with Crippen molar-refractivity contribution in [3.8, 4) is 0 Å². The molecule has 0 fully saturated rings. The van der Waals surface area contributed by atoms with Gasteiger partial charge < -0.3 is 4.52 Å². The lowest BCUT2D eigenvalue weighted by Gasteiger charge is -2.24. The summed E-state index contributed by atoms with van der Waals surface area (Å²) in [5, 5.41) is -0.232. The summed E-state index contributed by atoms with van der Waals surface area (Å²) in [7, 11) is 0. The van der Waals surface area contributed by atoms with E-state index in [1.807, 2.05) is 0 Å². The molecule has 9 heteroatoms. The number of alkyl halides is 2. The largest absolute Gasteiger partial charge is 0.404 e. The van der Waals surface area contributed by atoms with Gasteiger partial charge in [-0.1, -0.05) is 23.2 Å². The van der Waals surface area contributed by atoms with Gasteiger partial charge in [-0.2, -0.15) is 0 Å². The molecule has 0 bridgehead atoms. The van der Waals surface area contributed by atoms with Gasteiger partial charge in [0, 0.05) is 11.8 Å². The summed E-state index contributed by atoms with van der Waals surface area (Å²) < 4.78 is 16.1. The van der Waals surface area contributed by atoms with Crippen LogP contribution in [0.4, 0.5) is 0 Å². The first kappa shape index (κ1) is 16.7. The minimum Gasteiger partial charge on any atom is -0.404 e. The van der Waals surface area contributed by atoms with Crippen molar-refractivity contribution >= 4 is 59.2 Å². The molecule has 0 spiro atoms. The Labute approximate surface area is 126 Å². The van der Waals surface area contributed by atoms with Crippen LogP contribution in [0, 0.1) is 0 Å². The molecule has 0 saturated carbocycles. The van der Waals surface area contributed by atoms with Crippen LogP contribution in [0.25, 0.3) is 0 Å². The van der Waals surface area contributed by atoms with Crippen molar-refractivity contribution in [3.05, 3.63) is 11.1 Å². The molecule has 1 rings (SSSR count). The van der Waals surface area contributed by atoms with Crippen LogP contribution in [0.3, 0.4) is 0 Å². The highest BCUT2D eigenvalue weighted by molar-refractivity contribution is 8.07. The first-order chi connectivity index (χ1) is 8.41. The van der Waals surface area contributed by atoms with E-state index < -0.39 is 17.6 Å². The maximum absolute atomic E-state index is 5.97. The summed E-state index contributed by atoms with van der Waals surface area (Å²) in [5.74, 6) is 0.110. The lowest BCUT2D eigenvalue weighted by molar-refractivity contribution is 0.215. The molecule has 1 aliphatic rings. The number of nitrogens with zero attached hydrogens (tertiary/aromatic N) is 1. The molecule has 0 aromatic rings. The zero-order valence-electron chi connectivity index (χ0n) is 9.81. The molecule has 0 N–H and O–H groups in total. The third-order valence-electron chi connectivity index (χ3n) is 1.79. The highest BCUT2D eigenvalue weighted by Gasteiger charge is 2.29. The highest BCUT2D eigenvalue weighted by atomic mass is 35.5. The molecule has 18 heavy (non-hydrogen) atoms. The van der Waals surface area contributed by atoms with Crippen molar-refractivity contribution in [2.75, 3.05) is 13.2 Å². The summed E-state index contributed by atoms with van der Waals surface area (Å²) in [5.41, 5.74) is -0.657. The van der Waals surface area contributed by atoms with Gasteiger partial charge in [0.2, 0.25) is 5.90 Å². The molecular weight excluding hydrogens is 340 g/mol. The van der Waals surface area contributed by atoms with Crippen LogP contribution in [0.15, 0.2) is 16.1 Å². The van der Waals surface area contributed by atoms with Crippen LogP contribution >= 0.6 is 41.5 Å². The fourth-order valence-corrected chi connectivity index (χ4v) is 3.81. The molecule has 2 unspecified atom stereocenters. The predicted molar refractivity (Wildman–Crippen MR) is 79.3 cm³/mol. The van der Waals surface area contributed by atoms with Gasteiger partial charge in [0.1, 0.15) is 10.5 Å². The second-order valence-electron chi connectivity index (χ2n) is 3.14. The van der Waals surface area contributed by atoms with E-state index in [1.54, 1.807) is 19.9 Å². The summed E-state index contributed by atoms with van der Waals surface area (Å²) in [4.78, 5) is 4.02. The lowest BCUT2D eigenvalue weighted by atomic mass is 10.3. The van der Waals surface area contributed by atoms with Crippen molar-refractivity contribution < 1.29 is 13.6 Å². The van der Waals surface area contributed by atoms with Gasteiger partial charge in [-0.05, 0) is 19.9 Å². The van der Waals surface area contributed by atoms with E-state index in [2.05, 4.69) is 4.99 Å². The monoisotopic (exact) mass is 351 g/mol. The summed E-state index contributed by atoms with van der Waals surface area (Å²) in [6, 6.07) is 0. The molecule has 104 valence electrons. The van der Waals surface area contributed by atoms with E-state index in [9.17, 15) is 0 Å². The van der Waals surface area contributed by atoms with Crippen LogP contribution in [-0.2, 0) is 25.4 Å². The Kier molecular flexibility index (Phi) is 6.90. The molecule has 4 nitrogen and oxygen atoms in total. The molecule has 0 aromatic carbocycles. The molecule has 1 heterocycles. The van der Waals surface area contributed by atoms with Crippen molar-refractivity contribution in [1.29, 1.82) is 0 Å². The average Bonchev–Trinajstić information content (AvgIpc) is 2.26. The first-order valence-corrected chi connectivity index (χ1v) is 9.05. The smallest absolute Gasteiger partial charge is 0.381 e. The molecule has 0 radical (unpaired) electrons. The van der Waals surface area contributed by atoms with Crippen molar-refractivity contribution in [2.24, 2.45) is 4.99 Å². The summed E-state index contributed by atoms with van der Waals surface area (Å²) >= 11 is 23.0. The first-order valence-electron chi connectivity index (χ1n) is 5.24. The van der Waals surface area contributed by atoms with Crippen LogP contribution in [0.1, 0.15) is 13.8 Å². The van der Waals surface area contributed by atoms with Gasteiger partial charge >= 0.3 is 6.72 Å². The Bertz CT molecular complexity index is 395. The van der Waals surface area contributed by atoms with E-state index in [0.29, 0.717) is 13.2 Å². The van der Waals surface area contributed by atoms with Crippen LogP contribution in [0.2, 0.25) is 0 Å². The third-order valence-corrected chi connectivity index (χ3v) is 5.34. The van der Waals surface area contributed by atoms with E-state index in [4.69, 9.17) is 60.2 Å². The third kappa shape index (κ3) is 4.64. The number of rotatable bonds is 5. The maximum atomic E-state index is 5.97. The molecule has 0 aromatic heterocycles. The Morgan fingerprint density at radius 1 is 1.33 bits per heavy atom. The number of halogens is 3. The minimum atomic E-state index is -2.90. The van der Waals surface area contributed by atoms with Gasteiger partial charge in [0.05, 0.1) is 18.6 Å². The van der Waals surface area contributed by atoms with Gasteiger partial charge in [0.25, 0.3) is 0 Å². The van der Waals surface area contributed by atoms with Crippen LogP contribution in [-0.4, -0.2) is 30.0 Å². The normalized spacial score (nSPS) is 24.5. The SMILES string of the molecule is CCOP(=S)(OCC)OC1=NC(Cl)C(Cl)C=C1Cl. The van der Waals surface area contributed by atoms with Gasteiger partial charge in [-0.25, -0.2) is 4.99 Å². The Balaban J connectivity index is 2.85. The molecule has 0 amide bonds. The van der Waals surface area contributed by atoms with Crippen LogP contribution < -0.4 is 0 Å². The second kappa shape index (κ2) is 7.44. The Hall–Kier alpha value is 0.650. The number of hydrogen-bond acceptors (Lipinski definition) is 5. The number of aliphatic imine (C=N–C) groups is 1. The molecule has 0 saturated heterocycles. The quantitative estimate of drug-likeness (QED) is 0.426. The van der Waals surface area contributed by atoms with Gasteiger partial charge in [-0.15, -0.1) is 11.6 Å².